The summed E-state index contributed by atoms with van der Waals surface area (Å²) in [5, 5.41) is 7.94. The number of hydrogen-bond acceptors (Lipinski definition) is 5. The van der Waals surface area contributed by atoms with Crippen molar-refractivity contribution in [3.8, 4) is 5.75 Å². The zero-order chi connectivity index (χ0) is 15.6. The summed E-state index contributed by atoms with van der Waals surface area (Å²) in [5.41, 5.74) is 0.223. The molecule has 0 radical (unpaired) electrons. The fraction of sp³-hybridized carbons (Fsp3) is 0.462. The van der Waals surface area contributed by atoms with Gasteiger partial charge in [0.05, 0.1) is 13.2 Å². The standard InChI is InChI=1S/C13H18N2O5S/c1-19-10-6-9(7-10)15-13(16)8-3-4-11(20-2)12(5-8)21(14,17)18/h3-5,9-10H,6-7H2,1-2H3,(H,15,16)(H2,14,17,18). The molecule has 2 rings (SSSR count). The van der Waals surface area contributed by atoms with Gasteiger partial charge in [-0.25, -0.2) is 13.6 Å². The maximum atomic E-state index is 12.1. The molecule has 0 atom stereocenters. The molecule has 1 aliphatic carbocycles. The normalized spacial score (nSPS) is 21.5. The van der Waals surface area contributed by atoms with Gasteiger partial charge in [-0.3, -0.25) is 4.79 Å². The van der Waals surface area contributed by atoms with Crippen LogP contribution in [-0.4, -0.2) is 40.7 Å². The van der Waals surface area contributed by atoms with Gasteiger partial charge in [0.1, 0.15) is 10.6 Å². The average molecular weight is 314 g/mol. The summed E-state index contributed by atoms with van der Waals surface area (Å²) < 4.78 is 33.1. The molecular formula is C13H18N2O5S. The first kappa shape index (κ1) is 15.7. The highest BCUT2D eigenvalue weighted by Gasteiger charge is 2.30. The minimum Gasteiger partial charge on any atom is -0.495 e. The van der Waals surface area contributed by atoms with Gasteiger partial charge in [0.15, 0.2) is 0 Å². The van der Waals surface area contributed by atoms with Gasteiger partial charge in [0.2, 0.25) is 10.0 Å². The Morgan fingerprint density at radius 1 is 1.33 bits per heavy atom. The number of primary sulfonamides is 1. The molecule has 1 amide bonds. The van der Waals surface area contributed by atoms with Gasteiger partial charge in [-0.15, -0.1) is 0 Å². The van der Waals surface area contributed by atoms with Crippen LogP contribution in [0.5, 0.6) is 5.75 Å². The van der Waals surface area contributed by atoms with Crippen LogP contribution >= 0.6 is 0 Å². The van der Waals surface area contributed by atoms with Crippen LogP contribution in [0.3, 0.4) is 0 Å². The quantitative estimate of drug-likeness (QED) is 0.810. The average Bonchev–Trinajstić information content (AvgIpc) is 2.40. The summed E-state index contributed by atoms with van der Waals surface area (Å²) in [6.07, 6.45) is 1.67. The Bertz CT molecular complexity index is 638. The van der Waals surface area contributed by atoms with Gasteiger partial charge in [0.25, 0.3) is 5.91 Å². The SMILES string of the molecule is COc1ccc(C(=O)NC2CC(OC)C2)cc1S(N)(=O)=O. The molecule has 7 nitrogen and oxygen atoms in total. The molecule has 0 aliphatic heterocycles. The zero-order valence-electron chi connectivity index (χ0n) is 11.8. The second-order valence-electron chi connectivity index (χ2n) is 4.91. The fourth-order valence-electron chi connectivity index (χ4n) is 2.18. The molecule has 1 saturated carbocycles. The fourth-order valence-corrected chi connectivity index (χ4v) is 2.91. The largest absolute Gasteiger partial charge is 0.495 e. The Morgan fingerprint density at radius 2 is 2.00 bits per heavy atom. The number of ether oxygens (including phenoxy) is 2. The van der Waals surface area contributed by atoms with E-state index in [-0.39, 0.29) is 34.3 Å². The zero-order valence-corrected chi connectivity index (χ0v) is 12.6. The Balaban J connectivity index is 2.15. The van der Waals surface area contributed by atoms with Gasteiger partial charge < -0.3 is 14.8 Å². The van der Waals surface area contributed by atoms with Crippen molar-refractivity contribution in [3.05, 3.63) is 23.8 Å². The van der Waals surface area contributed by atoms with Crippen LogP contribution in [-0.2, 0) is 14.8 Å². The van der Waals surface area contributed by atoms with E-state index in [1.165, 1.54) is 25.3 Å². The van der Waals surface area contributed by atoms with Crippen molar-refractivity contribution in [2.75, 3.05) is 14.2 Å². The van der Waals surface area contributed by atoms with E-state index < -0.39 is 10.0 Å². The van der Waals surface area contributed by atoms with Crippen LogP contribution in [0.25, 0.3) is 0 Å². The predicted molar refractivity (Wildman–Crippen MR) is 75.7 cm³/mol. The van der Waals surface area contributed by atoms with E-state index in [1.54, 1.807) is 7.11 Å². The second-order valence-corrected chi connectivity index (χ2v) is 6.44. The summed E-state index contributed by atoms with van der Waals surface area (Å²) >= 11 is 0. The molecule has 21 heavy (non-hydrogen) atoms. The number of carbonyl (C=O) groups is 1. The van der Waals surface area contributed by atoms with Crippen LogP contribution in [0.1, 0.15) is 23.2 Å². The number of nitrogens with two attached hydrogens (primary N) is 1. The van der Waals surface area contributed by atoms with E-state index >= 15 is 0 Å². The molecule has 1 aliphatic rings. The molecule has 0 unspecified atom stereocenters. The minimum absolute atomic E-state index is 0.0440. The Morgan fingerprint density at radius 3 is 2.52 bits per heavy atom. The number of amides is 1. The van der Waals surface area contributed by atoms with Crippen molar-refractivity contribution >= 4 is 15.9 Å². The lowest BCUT2D eigenvalue weighted by atomic mass is 9.89. The van der Waals surface area contributed by atoms with Crippen LogP contribution in [0.4, 0.5) is 0 Å². The van der Waals surface area contributed by atoms with Crippen molar-refractivity contribution in [2.24, 2.45) is 5.14 Å². The molecule has 1 fully saturated rings. The van der Waals surface area contributed by atoms with E-state index in [9.17, 15) is 13.2 Å². The highest BCUT2D eigenvalue weighted by Crippen LogP contribution is 2.25. The molecule has 0 bridgehead atoms. The van der Waals surface area contributed by atoms with Crippen molar-refractivity contribution in [1.82, 2.24) is 5.32 Å². The minimum atomic E-state index is -3.96. The maximum absolute atomic E-state index is 12.1. The Kier molecular flexibility index (Phi) is 4.50. The summed E-state index contributed by atoms with van der Waals surface area (Å²) in [6.45, 7) is 0. The molecular weight excluding hydrogens is 296 g/mol. The predicted octanol–water partition coefficient (Wildman–Crippen LogP) is 0.250. The number of nitrogens with one attached hydrogen (secondary N) is 1. The smallest absolute Gasteiger partial charge is 0.251 e. The summed E-state index contributed by atoms with van der Waals surface area (Å²) in [7, 11) is -0.994. The van der Waals surface area contributed by atoms with Gasteiger partial charge >= 0.3 is 0 Å². The van der Waals surface area contributed by atoms with Gasteiger partial charge in [0, 0.05) is 18.7 Å². The van der Waals surface area contributed by atoms with Crippen LogP contribution in [0.2, 0.25) is 0 Å². The van der Waals surface area contributed by atoms with Gasteiger partial charge in [-0.2, -0.15) is 0 Å². The molecule has 3 N–H and O–H groups in total. The van der Waals surface area contributed by atoms with Crippen molar-refractivity contribution in [2.45, 2.75) is 29.9 Å². The third-order valence-electron chi connectivity index (χ3n) is 3.50. The number of benzene rings is 1. The molecule has 0 saturated heterocycles. The molecule has 0 heterocycles. The topological polar surface area (TPSA) is 108 Å². The first-order chi connectivity index (χ1) is 9.85. The van der Waals surface area contributed by atoms with Crippen molar-refractivity contribution in [1.29, 1.82) is 0 Å². The molecule has 0 aromatic heterocycles. The third-order valence-corrected chi connectivity index (χ3v) is 4.43. The number of methoxy groups -OCH3 is 2. The second kappa shape index (κ2) is 6.00. The molecule has 1 aromatic carbocycles. The number of hydrogen-bond donors (Lipinski definition) is 2. The monoisotopic (exact) mass is 314 g/mol. The molecule has 0 spiro atoms. The van der Waals surface area contributed by atoms with E-state index in [4.69, 9.17) is 14.6 Å². The van der Waals surface area contributed by atoms with Gasteiger partial charge in [-0.1, -0.05) is 0 Å². The molecule has 8 heteroatoms. The van der Waals surface area contributed by atoms with E-state index in [0.29, 0.717) is 0 Å². The lowest BCUT2D eigenvalue weighted by Crippen LogP contribution is -2.47. The first-order valence-electron chi connectivity index (χ1n) is 6.39. The third kappa shape index (κ3) is 3.52. The molecule has 116 valence electrons. The summed E-state index contributed by atoms with van der Waals surface area (Å²) in [4.78, 5) is 11.9. The van der Waals surface area contributed by atoms with Crippen LogP contribution in [0, 0.1) is 0 Å². The highest BCUT2D eigenvalue weighted by atomic mass is 32.2. The summed E-state index contributed by atoms with van der Waals surface area (Å²) in [5.74, 6) is -0.237. The van der Waals surface area contributed by atoms with Crippen LogP contribution in [0.15, 0.2) is 23.1 Å². The molecule has 1 aromatic rings. The van der Waals surface area contributed by atoms with Gasteiger partial charge in [-0.05, 0) is 31.0 Å². The maximum Gasteiger partial charge on any atom is 0.251 e. The number of sulfonamides is 1. The lowest BCUT2D eigenvalue weighted by molar-refractivity contribution is 0.0176. The highest BCUT2D eigenvalue weighted by molar-refractivity contribution is 7.89. The van der Waals surface area contributed by atoms with Crippen molar-refractivity contribution in [3.63, 3.8) is 0 Å². The lowest BCUT2D eigenvalue weighted by Gasteiger charge is -2.34. The first-order valence-corrected chi connectivity index (χ1v) is 7.94. The van der Waals surface area contributed by atoms with Crippen molar-refractivity contribution < 1.29 is 22.7 Å². The van der Waals surface area contributed by atoms with E-state index in [1.807, 2.05) is 0 Å². The van der Waals surface area contributed by atoms with Crippen LogP contribution < -0.4 is 15.2 Å². The van der Waals surface area contributed by atoms with E-state index in [2.05, 4.69) is 5.32 Å². The summed E-state index contributed by atoms with van der Waals surface area (Å²) in [6, 6.07) is 4.17. The Labute approximate surface area is 123 Å². The van der Waals surface area contributed by atoms with E-state index in [0.717, 1.165) is 12.8 Å². The number of carbonyl (C=O) groups excluding carboxylic acids is 1. The Hall–Kier alpha value is -1.64. The number of rotatable bonds is 5.